The van der Waals surface area contributed by atoms with Crippen molar-refractivity contribution in [2.75, 3.05) is 6.61 Å². The van der Waals surface area contributed by atoms with Gasteiger partial charge < -0.3 is 9.84 Å². The molecule has 0 aromatic heterocycles. The smallest absolute Gasteiger partial charge is 0.610 e. The van der Waals surface area contributed by atoms with Crippen LogP contribution in [0.4, 0.5) is 0 Å². The minimum Gasteiger partial charge on any atom is -0.610 e. The van der Waals surface area contributed by atoms with Crippen LogP contribution >= 0.6 is 0 Å². The van der Waals surface area contributed by atoms with Crippen molar-refractivity contribution in [1.29, 1.82) is 0 Å². The minimum absolute atomic E-state index is 0. The molecule has 0 saturated heterocycles. The summed E-state index contributed by atoms with van der Waals surface area (Å²) in [7, 11) is 0. The van der Waals surface area contributed by atoms with Crippen molar-refractivity contribution in [3.8, 4) is 0 Å². The van der Waals surface area contributed by atoms with Crippen LogP contribution in [0.5, 0.6) is 0 Å². The van der Waals surface area contributed by atoms with Crippen molar-refractivity contribution in [3.63, 3.8) is 0 Å². The summed E-state index contributed by atoms with van der Waals surface area (Å²) in [5.74, 6) is -0.335. The number of nitrogens with one attached hydrogen (secondary N) is 1. The summed E-state index contributed by atoms with van der Waals surface area (Å²) in [6.07, 6.45) is 3.15. The molecule has 0 radical (unpaired) electrons. The maximum atomic E-state index is 10.8. The molecule has 13 heavy (non-hydrogen) atoms. The van der Waals surface area contributed by atoms with E-state index in [1.807, 2.05) is 27.0 Å². The predicted molar refractivity (Wildman–Crippen MR) is 46.2 cm³/mol. The third-order valence-electron chi connectivity index (χ3n) is 1.00. The molecule has 0 unspecified atom stereocenters. The Bertz CT molecular complexity index is 183. The fourth-order valence-corrected chi connectivity index (χ4v) is 0.544. The van der Waals surface area contributed by atoms with Gasteiger partial charge in [0.15, 0.2) is 6.20 Å². The van der Waals surface area contributed by atoms with E-state index in [1.54, 1.807) is 6.92 Å². The number of hydrogen-bond donors (Lipinski definition) is 1. The first-order valence-corrected chi connectivity index (χ1v) is 4.06. The van der Waals surface area contributed by atoms with E-state index in [2.05, 4.69) is 9.73 Å². The first-order chi connectivity index (χ1) is 5.45. The molecule has 0 amide bonds. The Labute approximate surface area is 92.1 Å². The summed E-state index contributed by atoms with van der Waals surface area (Å²) in [4.78, 5) is 2.79. The quantitative estimate of drug-likeness (QED) is 0.275. The van der Waals surface area contributed by atoms with Gasteiger partial charge in [0, 0.05) is 5.41 Å². The average molecular weight is 178 g/mol. The van der Waals surface area contributed by atoms with Crippen LogP contribution in [0, 0.1) is 5.41 Å². The Kier molecular flexibility index (Phi) is 8.19. The molecule has 0 rings (SSSR count). The molecule has 70 valence electrons. The third kappa shape index (κ3) is 11.6. The number of rotatable bonds is 3. The zero-order valence-electron chi connectivity index (χ0n) is 9.18. The van der Waals surface area contributed by atoms with Crippen LogP contribution in [0.25, 0.3) is 0 Å². The molecule has 0 atom stereocenters. The van der Waals surface area contributed by atoms with E-state index in [-0.39, 0.29) is 30.2 Å². The SMILES string of the molecule is CCO/C([O-])=C/[NH+]=CC(C)(C)C.[Li+]. The van der Waals surface area contributed by atoms with Crippen LogP contribution in [0.3, 0.4) is 0 Å². The molecular weight excluding hydrogens is 161 g/mol. The van der Waals surface area contributed by atoms with Crippen LogP contribution in [0.1, 0.15) is 27.7 Å². The molecule has 0 aromatic carbocycles. The van der Waals surface area contributed by atoms with E-state index < -0.39 is 0 Å². The van der Waals surface area contributed by atoms with E-state index in [0.29, 0.717) is 6.61 Å². The molecule has 0 aromatic rings. The molecular formula is C9H17LiNO2+. The fourth-order valence-electron chi connectivity index (χ4n) is 0.544. The molecule has 0 bridgehead atoms. The van der Waals surface area contributed by atoms with Crippen LogP contribution < -0.4 is 29.0 Å². The second-order valence-electron chi connectivity index (χ2n) is 3.57. The van der Waals surface area contributed by atoms with E-state index in [9.17, 15) is 5.11 Å². The maximum Gasteiger partial charge on any atom is 1.00 e. The van der Waals surface area contributed by atoms with Gasteiger partial charge in [0.05, 0.1) is 0 Å². The third-order valence-corrected chi connectivity index (χ3v) is 1.00. The van der Waals surface area contributed by atoms with Crippen molar-refractivity contribution in [1.82, 2.24) is 0 Å². The van der Waals surface area contributed by atoms with Crippen LogP contribution in [-0.2, 0) is 4.74 Å². The molecule has 0 aliphatic rings. The Morgan fingerprint density at radius 2 is 2.00 bits per heavy atom. The molecule has 1 N–H and O–H groups in total. The van der Waals surface area contributed by atoms with E-state index in [1.165, 1.54) is 6.20 Å². The van der Waals surface area contributed by atoms with Crippen molar-refractivity contribution in [2.45, 2.75) is 27.7 Å². The Morgan fingerprint density at radius 3 is 2.38 bits per heavy atom. The molecule has 4 heteroatoms. The number of ether oxygens (including phenoxy) is 1. The largest absolute Gasteiger partial charge is 1.00 e. The monoisotopic (exact) mass is 178 g/mol. The molecule has 0 heterocycles. The summed E-state index contributed by atoms with van der Waals surface area (Å²) in [6.45, 7) is 8.31. The van der Waals surface area contributed by atoms with Crippen molar-refractivity contribution in [3.05, 3.63) is 12.1 Å². The molecule has 0 aliphatic carbocycles. The predicted octanol–water partition coefficient (Wildman–Crippen LogP) is -3.62. The van der Waals surface area contributed by atoms with Crippen molar-refractivity contribution >= 4 is 6.21 Å². The van der Waals surface area contributed by atoms with Gasteiger partial charge in [-0.05, 0) is 6.61 Å². The van der Waals surface area contributed by atoms with Gasteiger partial charge in [-0.1, -0.05) is 27.7 Å². The summed E-state index contributed by atoms with van der Waals surface area (Å²) >= 11 is 0. The minimum atomic E-state index is -0.335. The van der Waals surface area contributed by atoms with Gasteiger partial charge in [0.2, 0.25) is 0 Å². The second kappa shape index (κ2) is 7.05. The first-order valence-electron chi connectivity index (χ1n) is 4.06. The van der Waals surface area contributed by atoms with E-state index >= 15 is 0 Å². The molecule has 0 saturated carbocycles. The zero-order chi connectivity index (χ0) is 9.61. The summed E-state index contributed by atoms with van der Waals surface area (Å²) in [5, 5.41) is 10.8. The van der Waals surface area contributed by atoms with Gasteiger partial charge in [-0.2, -0.15) is 0 Å². The normalized spacial score (nSPS) is 12.8. The second-order valence-corrected chi connectivity index (χ2v) is 3.57. The molecule has 0 fully saturated rings. The van der Waals surface area contributed by atoms with Crippen LogP contribution in [0.15, 0.2) is 12.1 Å². The van der Waals surface area contributed by atoms with Crippen LogP contribution in [-0.4, -0.2) is 12.8 Å². The average Bonchev–Trinajstić information content (AvgIpc) is 1.84. The Balaban J connectivity index is 0. The van der Waals surface area contributed by atoms with E-state index in [0.717, 1.165) is 0 Å². The molecule has 0 spiro atoms. The van der Waals surface area contributed by atoms with Gasteiger partial charge in [-0.25, -0.2) is 4.99 Å². The Hall–Kier alpha value is -0.393. The van der Waals surface area contributed by atoms with Gasteiger partial charge >= 0.3 is 18.9 Å². The molecule has 3 nitrogen and oxygen atoms in total. The van der Waals surface area contributed by atoms with Gasteiger partial charge in [0.1, 0.15) is 12.2 Å². The number of hydrogen-bond acceptors (Lipinski definition) is 2. The maximum absolute atomic E-state index is 10.8. The van der Waals surface area contributed by atoms with Gasteiger partial charge in [0.25, 0.3) is 0 Å². The molecule has 0 aliphatic heterocycles. The van der Waals surface area contributed by atoms with Crippen molar-refractivity contribution in [2.24, 2.45) is 5.41 Å². The Morgan fingerprint density at radius 1 is 1.46 bits per heavy atom. The summed E-state index contributed by atoms with van der Waals surface area (Å²) in [5.41, 5.74) is 0.0585. The van der Waals surface area contributed by atoms with E-state index in [4.69, 9.17) is 0 Å². The first kappa shape index (κ1) is 15.1. The zero-order valence-corrected chi connectivity index (χ0v) is 9.18. The fraction of sp³-hybridized carbons (Fsp3) is 0.667. The van der Waals surface area contributed by atoms with Gasteiger partial charge in [-0.15, -0.1) is 0 Å². The van der Waals surface area contributed by atoms with Crippen molar-refractivity contribution < 1.29 is 33.7 Å². The standard InChI is InChI=1S/C9H17NO2.Li/c1-5-12-8(11)6-10-7-9(2,3)4;/h6-7,11H,5H2,1-4H3;/q;+1/b8-6+,10-7?;. The summed E-state index contributed by atoms with van der Waals surface area (Å²) < 4.78 is 4.68. The topological polar surface area (TPSA) is 46.3 Å². The summed E-state index contributed by atoms with van der Waals surface area (Å²) in [6, 6.07) is 0. The van der Waals surface area contributed by atoms with Crippen LogP contribution in [0.2, 0.25) is 0 Å². The van der Waals surface area contributed by atoms with Gasteiger partial charge in [-0.3, -0.25) is 0 Å².